The molecule has 4 heteroatoms. The molecular formula is C14H23N3O. The van der Waals surface area contributed by atoms with Crippen molar-refractivity contribution in [2.75, 3.05) is 26.3 Å². The molecule has 0 unspecified atom stereocenters. The monoisotopic (exact) mass is 249 g/mol. The third kappa shape index (κ3) is 2.19. The Balaban J connectivity index is 1.68. The topological polar surface area (TPSA) is 30.3 Å². The Bertz CT molecular complexity index is 434. The molecule has 1 fully saturated rings. The second kappa shape index (κ2) is 4.35. The summed E-state index contributed by atoms with van der Waals surface area (Å²) in [5.74, 6) is 1.75. The van der Waals surface area contributed by atoms with Crippen molar-refractivity contribution in [2.45, 2.75) is 39.8 Å². The molecule has 3 rings (SSSR count). The van der Waals surface area contributed by atoms with Crippen molar-refractivity contribution in [3.05, 3.63) is 17.7 Å². The maximum atomic E-state index is 5.34. The van der Waals surface area contributed by atoms with Crippen LogP contribution in [-0.2, 0) is 17.8 Å². The van der Waals surface area contributed by atoms with E-state index in [1.165, 1.54) is 11.5 Å². The van der Waals surface area contributed by atoms with E-state index in [9.17, 15) is 0 Å². The predicted molar refractivity (Wildman–Crippen MR) is 70.5 cm³/mol. The summed E-state index contributed by atoms with van der Waals surface area (Å²) in [7, 11) is 0. The molecule has 2 aliphatic rings. The van der Waals surface area contributed by atoms with E-state index >= 15 is 0 Å². The highest BCUT2D eigenvalue weighted by atomic mass is 16.5. The normalized spacial score (nSPS) is 22.9. The van der Waals surface area contributed by atoms with Crippen LogP contribution in [0.5, 0.6) is 0 Å². The Hall–Kier alpha value is -0.870. The van der Waals surface area contributed by atoms with Gasteiger partial charge in [0.1, 0.15) is 5.82 Å². The summed E-state index contributed by atoms with van der Waals surface area (Å²) >= 11 is 0. The van der Waals surface area contributed by atoms with Crippen molar-refractivity contribution in [3.63, 3.8) is 0 Å². The summed E-state index contributed by atoms with van der Waals surface area (Å²) in [5, 5.41) is 0. The van der Waals surface area contributed by atoms with E-state index in [2.05, 4.69) is 36.4 Å². The van der Waals surface area contributed by atoms with Crippen LogP contribution in [0.3, 0.4) is 0 Å². The quantitative estimate of drug-likeness (QED) is 0.819. The first-order chi connectivity index (χ1) is 8.56. The van der Waals surface area contributed by atoms with Crippen LogP contribution >= 0.6 is 0 Å². The lowest BCUT2D eigenvalue weighted by atomic mass is 9.88. The molecule has 100 valence electrons. The summed E-state index contributed by atoms with van der Waals surface area (Å²) in [6, 6.07) is 0. The molecule has 0 N–H and O–H groups in total. The molecular weight excluding hydrogens is 226 g/mol. The lowest BCUT2D eigenvalue weighted by Crippen LogP contribution is -2.50. The van der Waals surface area contributed by atoms with Gasteiger partial charge < -0.3 is 9.30 Å². The number of nitrogens with zero attached hydrogens (tertiary/aromatic N) is 3. The molecule has 2 aliphatic heterocycles. The van der Waals surface area contributed by atoms with E-state index in [-0.39, 0.29) is 0 Å². The molecule has 4 nitrogen and oxygen atoms in total. The van der Waals surface area contributed by atoms with Crippen molar-refractivity contribution < 1.29 is 4.74 Å². The summed E-state index contributed by atoms with van der Waals surface area (Å²) < 4.78 is 7.66. The van der Waals surface area contributed by atoms with Crippen LogP contribution in [0.1, 0.15) is 38.2 Å². The molecule has 1 aromatic heterocycles. The highest BCUT2D eigenvalue weighted by molar-refractivity contribution is 5.09. The number of fused-ring (bicyclic) bond motifs is 1. The van der Waals surface area contributed by atoms with Crippen LogP contribution in [0, 0.1) is 5.41 Å². The first-order valence-electron chi connectivity index (χ1n) is 6.92. The van der Waals surface area contributed by atoms with Crippen LogP contribution < -0.4 is 0 Å². The van der Waals surface area contributed by atoms with E-state index in [0.717, 1.165) is 39.4 Å². The van der Waals surface area contributed by atoms with Gasteiger partial charge in [-0.05, 0) is 5.92 Å². The SMILES string of the molecule is CC(C)c1cn2c(n1)CN(CC1(C)COC1)CC2. The third-order valence-corrected chi connectivity index (χ3v) is 4.00. The Morgan fingerprint density at radius 3 is 2.78 bits per heavy atom. The summed E-state index contributed by atoms with van der Waals surface area (Å²) in [6.07, 6.45) is 2.23. The van der Waals surface area contributed by atoms with Gasteiger partial charge in [0.2, 0.25) is 0 Å². The van der Waals surface area contributed by atoms with Gasteiger partial charge in [-0.1, -0.05) is 20.8 Å². The van der Waals surface area contributed by atoms with Gasteiger partial charge in [0, 0.05) is 31.2 Å². The van der Waals surface area contributed by atoms with Crippen molar-refractivity contribution >= 4 is 0 Å². The van der Waals surface area contributed by atoms with Crippen molar-refractivity contribution in [2.24, 2.45) is 5.41 Å². The zero-order valence-electron chi connectivity index (χ0n) is 11.6. The molecule has 0 aliphatic carbocycles. The summed E-state index contributed by atoms with van der Waals surface area (Å²) in [5.41, 5.74) is 1.60. The minimum atomic E-state index is 0.371. The van der Waals surface area contributed by atoms with E-state index in [4.69, 9.17) is 9.72 Å². The second-order valence-electron chi connectivity index (χ2n) is 6.44. The molecule has 1 saturated heterocycles. The van der Waals surface area contributed by atoms with Crippen LogP contribution in [0.15, 0.2) is 6.20 Å². The lowest BCUT2D eigenvalue weighted by molar-refractivity contribution is -0.117. The highest BCUT2D eigenvalue weighted by Crippen LogP contribution is 2.29. The van der Waals surface area contributed by atoms with Gasteiger partial charge in [0.15, 0.2) is 0 Å². The predicted octanol–water partition coefficient (Wildman–Crippen LogP) is 1.86. The lowest BCUT2D eigenvalue weighted by Gasteiger charge is -2.42. The number of hydrogen-bond donors (Lipinski definition) is 0. The Morgan fingerprint density at radius 2 is 2.17 bits per heavy atom. The van der Waals surface area contributed by atoms with Gasteiger partial charge in [-0.15, -0.1) is 0 Å². The fourth-order valence-electron chi connectivity index (χ4n) is 2.82. The minimum Gasteiger partial charge on any atom is -0.380 e. The average molecular weight is 249 g/mol. The van der Waals surface area contributed by atoms with Crippen LogP contribution in [0.2, 0.25) is 0 Å². The van der Waals surface area contributed by atoms with Crippen molar-refractivity contribution in [1.29, 1.82) is 0 Å². The average Bonchev–Trinajstić information content (AvgIpc) is 2.70. The second-order valence-corrected chi connectivity index (χ2v) is 6.44. The van der Waals surface area contributed by atoms with Gasteiger partial charge >= 0.3 is 0 Å². The minimum absolute atomic E-state index is 0.371. The van der Waals surface area contributed by atoms with Crippen LogP contribution in [-0.4, -0.2) is 40.8 Å². The number of imidazole rings is 1. The molecule has 0 amide bonds. The van der Waals surface area contributed by atoms with Gasteiger partial charge in [0.25, 0.3) is 0 Å². The first-order valence-corrected chi connectivity index (χ1v) is 6.92. The van der Waals surface area contributed by atoms with E-state index in [0.29, 0.717) is 11.3 Å². The smallest absolute Gasteiger partial charge is 0.123 e. The molecule has 0 spiro atoms. The summed E-state index contributed by atoms with van der Waals surface area (Å²) in [4.78, 5) is 7.29. The number of rotatable bonds is 3. The molecule has 0 saturated carbocycles. The zero-order chi connectivity index (χ0) is 12.8. The van der Waals surface area contributed by atoms with E-state index < -0.39 is 0 Å². The Morgan fingerprint density at radius 1 is 1.39 bits per heavy atom. The fourth-order valence-corrected chi connectivity index (χ4v) is 2.82. The number of hydrogen-bond acceptors (Lipinski definition) is 3. The number of aromatic nitrogens is 2. The van der Waals surface area contributed by atoms with Crippen LogP contribution in [0.4, 0.5) is 0 Å². The molecule has 3 heterocycles. The molecule has 0 bridgehead atoms. The number of ether oxygens (including phenoxy) is 1. The summed E-state index contributed by atoms with van der Waals surface area (Å²) in [6.45, 7) is 12.9. The molecule has 0 aromatic carbocycles. The van der Waals surface area contributed by atoms with Crippen LogP contribution in [0.25, 0.3) is 0 Å². The van der Waals surface area contributed by atoms with Gasteiger partial charge in [0.05, 0.1) is 25.5 Å². The highest BCUT2D eigenvalue weighted by Gasteiger charge is 2.36. The molecule has 0 radical (unpaired) electrons. The maximum Gasteiger partial charge on any atom is 0.123 e. The Labute approximate surface area is 109 Å². The Kier molecular flexibility index (Phi) is 2.94. The van der Waals surface area contributed by atoms with E-state index in [1.807, 2.05) is 0 Å². The molecule has 18 heavy (non-hydrogen) atoms. The van der Waals surface area contributed by atoms with Gasteiger partial charge in [-0.25, -0.2) is 4.98 Å². The third-order valence-electron chi connectivity index (χ3n) is 4.00. The van der Waals surface area contributed by atoms with Crippen molar-refractivity contribution in [3.8, 4) is 0 Å². The maximum absolute atomic E-state index is 5.34. The van der Waals surface area contributed by atoms with Crippen molar-refractivity contribution in [1.82, 2.24) is 14.5 Å². The van der Waals surface area contributed by atoms with Gasteiger partial charge in [-0.2, -0.15) is 0 Å². The largest absolute Gasteiger partial charge is 0.380 e. The molecule has 0 atom stereocenters. The molecule has 1 aromatic rings. The van der Waals surface area contributed by atoms with E-state index in [1.54, 1.807) is 0 Å². The van der Waals surface area contributed by atoms with Gasteiger partial charge in [-0.3, -0.25) is 4.90 Å². The standard InChI is InChI=1S/C14H23N3O/c1-11(2)12-6-17-5-4-16(7-13(17)15-12)8-14(3)9-18-10-14/h6,11H,4-5,7-10H2,1-3H3. The zero-order valence-corrected chi connectivity index (χ0v) is 11.6. The first kappa shape index (κ1) is 12.2. The fraction of sp³-hybridized carbons (Fsp3) is 0.786.